The molecule has 3 heteroatoms. The Hall–Kier alpha value is -1.22. The molecule has 0 aliphatic carbocycles. The van der Waals surface area contributed by atoms with E-state index < -0.39 is 0 Å². The highest BCUT2D eigenvalue weighted by Crippen LogP contribution is 2.26. The highest BCUT2D eigenvalue weighted by molar-refractivity contribution is 5.42. The molecule has 0 spiro atoms. The van der Waals surface area contributed by atoms with E-state index in [9.17, 15) is 5.11 Å². The van der Waals surface area contributed by atoms with Crippen LogP contribution in [0.15, 0.2) is 18.2 Å². The number of benzene rings is 1. The predicted octanol–water partition coefficient (Wildman–Crippen LogP) is 2.85. The van der Waals surface area contributed by atoms with E-state index >= 15 is 0 Å². The number of hydrogen-bond acceptors (Lipinski definition) is 3. The first-order chi connectivity index (χ1) is 7.00. The van der Waals surface area contributed by atoms with Gasteiger partial charge in [-0.25, -0.2) is 0 Å². The van der Waals surface area contributed by atoms with Crippen LogP contribution in [-0.4, -0.2) is 17.5 Å². The van der Waals surface area contributed by atoms with Crippen molar-refractivity contribution >= 4 is 0 Å². The minimum absolute atomic E-state index is 0.123. The van der Waals surface area contributed by atoms with Crippen molar-refractivity contribution in [3.8, 4) is 11.5 Å². The van der Waals surface area contributed by atoms with Gasteiger partial charge in [0.1, 0.15) is 11.5 Å². The largest absolute Gasteiger partial charge is 0.508 e. The fraction of sp³-hybridized carbons (Fsp3) is 0.500. The lowest BCUT2D eigenvalue weighted by atomic mass is 10.2. The first kappa shape index (κ1) is 11.9. The van der Waals surface area contributed by atoms with Gasteiger partial charge in [0.15, 0.2) is 6.29 Å². The second-order valence-electron chi connectivity index (χ2n) is 3.77. The molecule has 0 aromatic heterocycles. The summed E-state index contributed by atoms with van der Waals surface area (Å²) in [6.07, 6.45) is -0.192. The first-order valence-corrected chi connectivity index (χ1v) is 5.11. The summed E-state index contributed by atoms with van der Waals surface area (Å²) < 4.78 is 11.0. The molecule has 0 aliphatic rings. The van der Waals surface area contributed by atoms with E-state index in [2.05, 4.69) is 0 Å². The van der Waals surface area contributed by atoms with Gasteiger partial charge in [-0.05, 0) is 39.8 Å². The van der Waals surface area contributed by atoms with Gasteiger partial charge in [-0.1, -0.05) is 6.07 Å². The van der Waals surface area contributed by atoms with Gasteiger partial charge >= 0.3 is 0 Å². The topological polar surface area (TPSA) is 38.7 Å². The molecule has 1 atom stereocenters. The molecule has 0 radical (unpaired) electrons. The molecule has 1 N–H and O–H groups in total. The molecule has 84 valence electrons. The van der Waals surface area contributed by atoms with Crippen molar-refractivity contribution in [2.45, 2.75) is 40.1 Å². The maximum atomic E-state index is 9.47. The zero-order chi connectivity index (χ0) is 11.4. The van der Waals surface area contributed by atoms with E-state index in [0.717, 1.165) is 5.56 Å². The van der Waals surface area contributed by atoms with Crippen molar-refractivity contribution in [3.63, 3.8) is 0 Å². The summed E-state index contributed by atoms with van der Waals surface area (Å²) in [5.41, 5.74) is 0.733. The van der Waals surface area contributed by atoms with Crippen LogP contribution in [0.5, 0.6) is 11.5 Å². The first-order valence-electron chi connectivity index (χ1n) is 5.11. The SMILES string of the molecule is Cc1c(O)cccc1OC(C)OC(C)C. The number of ether oxygens (including phenoxy) is 2. The van der Waals surface area contributed by atoms with Gasteiger partial charge < -0.3 is 14.6 Å². The van der Waals surface area contributed by atoms with Crippen LogP contribution >= 0.6 is 0 Å². The Balaban J connectivity index is 2.68. The van der Waals surface area contributed by atoms with Gasteiger partial charge in [-0.15, -0.1) is 0 Å². The van der Waals surface area contributed by atoms with Gasteiger partial charge in [0, 0.05) is 5.56 Å². The summed E-state index contributed by atoms with van der Waals surface area (Å²) in [5.74, 6) is 0.896. The lowest BCUT2D eigenvalue weighted by Crippen LogP contribution is -2.20. The summed E-state index contributed by atoms with van der Waals surface area (Å²) in [5, 5.41) is 9.47. The van der Waals surface area contributed by atoms with E-state index in [4.69, 9.17) is 9.47 Å². The van der Waals surface area contributed by atoms with Crippen LogP contribution in [0.2, 0.25) is 0 Å². The predicted molar refractivity (Wildman–Crippen MR) is 59.2 cm³/mol. The molecule has 15 heavy (non-hydrogen) atoms. The summed E-state index contributed by atoms with van der Waals surface area (Å²) in [7, 11) is 0. The Labute approximate surface area is 90.6 Å². The van der Waals surface area contributed by atoms with Gasteiger partial charge in [0.25, 0.3) is 0 Å². The number of phenolic OH excluding ortho intramolecular Hbond substituents is 1. The fourth-order valence-corrected chi connectivity index (χ4v) is 1.32. The molecule has 1 aromatic carbocycles. The quantitative estimate of drug-likeness (QED) is 0.776. The van der Waals surface area contributed by atoms with E-state index in [-0.39, 0.29) is 18.1 Å². The van der Waals surface area contributed by atoms with Crippen LogP contribution in [0.3, 0.4) is 0 Å². The summed E-state index contributed by atoms with van der Waals surface area (Å²) in [4.78, 5) is 0. The maximum Gasteiger partial charge on any atom is 0.197 e. The van der Waals surface area contributed by atoms with E-state index in [1.54, 1.807) is 12.1 Å². The van der Waals surface area contributed by atoms with Crippen molar-refractivity contribution in [1.82, 2.24) is 0 Å². The van der Waals surface area contributed by atoms with Crippen LogP contribution < -0.4 is 4.74 Å². The summed E-state index contributed by atoms with van der Waals surface area (Å²) >= 11 is 0. The molecule has 3 nitrogen and oxygen atoms in total. The molecular formula is C12H18O3. The third kappa shape index (κ3) is 3.44. The molecule has 1 unspecified atom stereocenters. The molecule has 0 bridgehead atoms. The fourth-order valence-electron chi connectivity index (χ4n) is 1.32. The normalized spacial score (nSPS) is 12.9. The smallest absolute Gasteiger partial charge is 0.197 e. The second-order valence-corrected chi connectivity index (χ2v) is 3.77. The van der Waals surface area contributed by atoms with Gasteiger partial charge in [-0.3, -0.25) is 0 Å². The van der Waals surface area contributed by atoms with Crippen molar-refractivity contribution < 1.29 is 14.6 Å². The monoisotopic (exact) mass is 210 g/mol. The maximum absolute atomic E-state index is 9.47. The van der Waals surface area contributed by atoms with Gasteiger partial charge in [-0.2, -0.15) is 0 Å². The number of phenols is 1. The zero-order valence-electron chi connectivity index (χ0n) is 9.65. The molecular weight excluding hydrogens is 192 g/mol. The molecule has 0 aliphatic heterocycles. The highest BCUT2D eigenvalue weighted by atomic mass is 16.7. The van der Waals surface area contributed by atoms with Crippen molar-refractivity contribution in [2.75, 3.05) is 0 Å². The third-order valence-electron chi connectivity index (χ3n) is 2.01. The van der Waals surface area contributed by atoms with E-state index in [1.807, 2.05) is 33.8 Å². The lowest BCUT2D eigenvalue weighted by molar-refractivity contribution is -0.0953. The van der Waals surface area contributed by atoms with Crippen molar-refractivity contribution in [2.24, 2.45) is 0 Å². The Kier molecular flexibility index (Phi) is 3.97. The lowest BCUT2D eigenvalue weighted by Gasteiger charge is -2.19. The highest BCUT2D eigenvalue weighted by Gasteiger charge is 2.09. The summed E-state index contributed by atoms with van der Waals surface area (Å²) in [6, 6.07) is 5.20. The third-order valence-corrected chi connectivity index (χ3v) is 2.01. The van der Waals surface area contributed by atoms with Crippen molar-refractivity contribution in [1.29, 1.82) is 0 Å². The Morgan fingerprint density at radius 1 is 1.20 bits per heavy atom. The molecule has 1 aromatic rings. The van der Waals surface area contributed by atoms with Crippen LogP contribution in [-0.2, 0) is 4.74 Å². The molecule has 0 fully saturated rings. The minimum Gasteiger partial charge on any atom is -0.508 e. The molecule has 0 amide bonds. The number of hydrogen-bond donors (Lipinski definition) is 1. The van der Waals surface area contributed by atoms with Crippen molar-refractivity contribution in [3.05, 3.63) is 23.8 Å². The standard InChI is InChI=1S/C12H18O3/c1-8(2)14-10(4)15-12-7-5-6-11(13)9(12)3/h5-8,10,13H,1-4H3. The number of rotatable bonds is 4. The number of aromatic hydroxyl groups is 1. The zero-order valence-corrected chi connectivity index (χ0v) is 9.65. The Bertz CT molecular complexity index is 321. The van der Waals surface area contributed by atoms with Crippen LogP contribution in [0.4, 0.5) is 0 Å². The molecule has 1 rings (SSSR count). The summed E-state index contributed by atoms with van der Waals surface area (Å²) in [6.45, 7) is 7.56. The van der Waals surface area contributed by atoms with Gasteiger partial charge in [0.2, 0.25) is 0 Å². The average Bonchev–Trinajstić information content (AvgIpc) is 2.11. The van der Waals surface area contributed by atoms with Gasteiger partial charge in [0.05, 0.1) is 6.10 Å². The molecule has 0 heterocycles. The Morgan fingerprint density at radius 2 is 1.87 bits per heavy atom. The minimum atomic E-state index is -0.314. The molecule has 0 saturated carbocycles. The van der Waals surface area contributed by atoms with Crippen LogP contribution in [0.25, 0.3) is 0 Å². The molecule has 0 saturated heterocycles. The average molecular weight is 210 g/mol. The van der Waals surface area contributed by atoms with Crippen LogP contribution in [0, 0.1) is 6.92 Å². The van der Waals surface area contributed by atoms with E-state index in [0.29, 0.717) is 5.75 Å². The van der Waals surface area contributed by atoms with E-state index in [1.165, 1.54) is 0 Å². The van der Waals surface area contributed by atoms with Crippen LogP contribution in [0.1, 0.15) is 26.3 Å². The Morgan fingerprint density at radius 3 is 2.47 bits per heavy atom. The second kappa shape index (κ2) is 5.03.